The zero-order chi connectivity index (χ0) is 15.9. The van der Waals surface area contributed by atoms with E-state index >= 15 is 0 Å². The van der Waals surface area contributed by atoms with Crippen LogP contribution in [0.3, 0.4) is 0 Å². The Hall–Kier alpha value is -0.610. The Morgan fingerprint density at radius 3 is 1.25 bits per heavy atom. The SMILES string of the molecule is CC(C)(C)c1cc(C(C)(C)C)c(C=P)c(C(C)(C)C)c1. The molecule has 0 aliphatic rings. The minimum absolute atomic E-state index is 0.139. The first-order valence-corrected chi connectivity index (χ1v) is 8.06. The second-order valence-corrected chi connectivity index (χ2v) is 9.17. The molecule has 0 fully saturated rings. The summed E-state index contributed by atoms with van der Waals surface area (Å²) in [6, 6.07) is 4.78. The number of benzene rings is 1. The van der Waals surface area contributed by atoms with Crippen molar-refractivity contribution in [2.75, 3.05) is 0 Å². The zero-order valence-corrected chi connectivity index (χ0v) is 15.7. The van der Waals surface area contributed by atoms with Gasteiger partial charge in [0.25, 0.3) is 0 Å². The predicted octanol–water partition coefficient (Wildman–Crippen LogP) is 5.87. The lowest BCUT2D eigenvalue weighted by molar-refractivity contribution is 0.547. The lowest BCUT2D eigenvalue weighted by Crippen LogP contribution is -2.24. The van der Waals surface area contributed by atoms with Crippen molar-refractivity contribution in [3.8, 4) is 0 Å². The molecule has 0 N–H and O–H groups in total. The molecule has 0 bridgehead atoms. The molecule has 0 saturated carbocycles. The van der Waals surface area contributed by atoms with Crippen LogP contribution >= 0.6 is 8.86 Å². The van der Waals surface area contributed by atoms with Crippen LogP contribution in [0.15, 0.2) is 12.1 Å². The van der Waals surface area contributed by atoms with E-state index in [0.717, 1.165) is 0 Å². The molecule has 0 unspecified atom stereocenters. The zero-order valence-electron chi connectivity index (χ0n) is 14.7. The first kappa shape index (κ1) is 17.4. The topological polar surface area (TPSA) is 0 Å². The molecule has 1 aromatic rings. The maximum absolute atomic E-state index is 3.65. The fraction of sp³-hybridized carbons (Fsp3) is 0.632. The van der Waals surface area contributed by atoms with Crippen molar-refractivity contribution >= 4 is 14.7 Å². The maximum Gasteiger partial charge on any atom is -0.0126 e. The minimum Gasteiger partial charge on any atom is -0.122 e. The van der Waals surface area contributed by atoms with Crippen LogP contribution in [0.25, 0.3) is 0 Å². The van der Waals surface area contributed by atoms with E-state index in [4.69, 9.17) is 0 Å². The normalized spacial score (nSPS) is 13.4. The van der Waals surface area contributed by atoms with Crippen molar-refractivity contribution in [2.24, 2.45) is 0 Å². The summed E-state index contributed by atoms with van der Waals surface area (Å²) in [5.41, 5.74) is 6.05. The molecule has 0 saturated heterocycles. The van der Waals surface area contributed by atoms with Crippen molar-refractivity contribution in [1.29, 1.82) is 0 Å². The van der Waals surface area contributed by atoms with Crippen LogP contribution in [0, 0.1) is 0 Å². The number of hydrogen-bond donors (Lipinski definition) is 0. The third-order valence-corrected chi connectivity index (χ3v) is 4.10. The van der Waals surface area contributed by atoms with Gasteiger partial charge in [-0.05, 0) is 44.3 Å². The van der Waals surface area contributed by atoms with E-state index in [-0.39, 0.29) is 16.2 Å². The summed E-state index contributed by atoms with van der Waals surface area (Å²) in [5, 5.41) is 0. The Morgan fingerprint density at radius 1 is 0.700 bits per heavy atom. The smallest absolute Gasteiger partial charge is 0.0126 e. The van der Waals surface area contributed by atoms with E-state index in [1.165, 1.54) is 22.3 Å². The van der Waals surface area contributed by atoms with E-state index in [2.05, 4.69) is 89.1 Å². The predicted molar refractivity (Wildman–Crippen MR) is 96.0 cm³/mol. The van der Waals surface area contributed by atoms with Gasteiger partial charge in [-0.3, -0.25) is 0 Å². The molecule has 0 heterocycles. The van der Waals surface area contributed by atoms with E-state index < -0.39 is 0 Å². The van der Waals surface area contributed by atoms with Gasteiger partial charge in [0.2, 0.25) is 0 Å². The van der Waals surface area contributed by atoms with Crippen molar-refractivity contribution < 1.29 is 0 Å². The molecule has 0 radical (unpaired) electrons. The monoisotopic (exact) mass is 290 g/mol. The summed E-state index contributed by atoms with van der Waals surface area (Å²) < 4.78 is 0. The van der Waals surface area contributed by atoms with Gasteiger partial charge >= 0.3 is 0 Å². The highest BCUT2D eigenvalue weighted by molar-refractivity contribution is 7.19. The largest absolute Gasteiger partial charge is 0.122 e. The van der Waals surface area contributed by atoms with Crippen molar-refractivity contribution in [3.05, 3.63) is 34.4 Å². The van der Waals surface area contributed by atoms with Crippen molar-refractivity contribution in [2.45, 2.75) is 78.6 Å². The molecule has 0 atom stereocenters. The number of rotatable bonds is 1. The van der Waals surface area contributed by atoms with Crippen LogP contribution in [-0.2, 0) is 16.2 Å². The highest BCUT2D eigenvalue weighted by atomic mass is 31.0. The second-order valence-electron chi connectivity index (χ2n) is 8.88. The summed E-state index contributed by atoms with van der Waals surface area (Å²) in [6.07, 6.45) is 0. The summed E-state index contributed by atoms with van der Waals surface area (Å²) in [4.78, 5) is 0. The lowest BCUT2D eigenvalue weighted by atomic mass is 9.73. The molecular formula is C19H31P. The van der Waals surface area contributed by atoms with Crippen LogP contribution in [0.4, 0.5) is 0 Å². The molecule has 1 aromatic carbocycles. The van der Waals surface area contributed by atoms with E-state index in [9.17, 15) is 0 Å². The summed E-state index contributed by atoms with van der Waals surface area (Å²) in [5.74, 6) is 2.09. The molecule has 0 spiro atoms. The van der Waals surface area contributed by atoms with Gasteiger partial charge in [-0.25, -0.2) is 0 Å². The molecule has 0 aliphatic heterocycles. The summed E-state index contributed by atoms with van der Waals surface area (Å²) >= 11 is 0. The molecule has 1 rings (SSSR count). The van der Waals surface area contributed by atoms with Gasteiger partial charge in [0.05, 0.1) is 0 Å². The van der Waals surface area contributed by atoms with E-state index in [0.29, 0.717) is 0 Å². The summed E-state index contributed by atoms with van der Waals surface area (Å²) in [6.45, 7) is 20.6. The highest BCUT2D eigenvalue weighted by Gasteiger charge is 2.27. The quantitative estimate of drug-likeness (QED) is 0.567. The van der Waals surface area contributed by atoms with Crippen LogP contribution in [0.1, 0.15) is 84.6 Å². The molecule has 112 valence electrons. The van der Waals surface area contributed by atoms with Gasteiger partial charge in [0.15, 0.2) is 0 Å². The van der Waals surface area contributed by atoms with Gasteiger partial charge in [-0.2, -0.15) is 0 Å². The lowest BCUT2D eigenvalue weighted by Gasteiger charge is -2.32. The second kappa shape index (κ2) is 5.30. The molecule has 0 nitrogen and oxygen atoms in total. The highest BCUT2D eigenvalue weighted by Crippen LogP contribution is 2.37. The first-order valence-electron chi connectivity index (χ1n) is 7.48. The fourth-order valence-corrected chi connectivity index (χ4v) is 2.79. The summed E-state index contributed by atoms with van der Waals surface area (Å²) in [7, 11) is 3.65. The molecule has 20 heavy (non-hydrogen) atoms. The Balaban J connectivity index is 3.80. The Kier molecular flexibility index (Phi) is 4.62. The molecule has 1 heteroatoms. The van der Waals surface area contributed by atoms with Gasteiger partial charge in [0.1, 0.15) is 0 Å². The third-order valence-electron chi connectivity index (χ3n) is 3.81. The van der Waals surface area contributed by atoms with Gasteiger partial charge in [-0.1, -0.05) is 74.4 Å². The molecule has 0 aliphatic carbocycles. The molecular weight excluding hydrogens is 259 g/mol. The van der Waals surface area contributed by atoms with Crippen LogP contribution in [0.5, 0.6) is 0 Å². The van der Waals surface area contributed by atoms with Crippen LogP contribution in [-0.4, -0.2) is 5.80 Å². The van der Waals surface area contributed by atoms with Gasteiger partial charge < -0.3 is 0 Å². The fourth-order valence-electron chi connectivity index (χ4n) is 2.48. The van der Waals surface area contributed by atoms with Crippen LogP contribution in [0.2, 0.25) is 0 Å². The van der Waals surface area contributed by atoms with Crippen molar-refractivity contribution in [1.82, 2.24) is 0 Å². The minimum atomic E-state index is 0.139. The Morgan fingerprint density at radius 2 is 1.05 bits per heavy atom. The Labute approximate surface area is 128 Å². The van der Waals surface area contributed by atoms with Crippen molar-refractivity contribution in [3.63, 3.8) is 0 Å². The molecule has 0 aromatic heterocycles. The van der Waals surface area contributed by atoms with E-state index in [1.807, 2.05) is 0 Å². The molecule has 0 amide bonds. The van der Waals surface area contributed by atoms with Gasteiger partial charge in [-0.15, -0.1) is 8.86 Å². The standard InChI is InChI=1S/C19H31P/c1-17(2,3)13-10-15(18(4,5)6)14(12-20)16(11-13)19(7,8)9/h10-12,20H,1-9H3. The van der Waals surface area contributed by atoms with Crippen LogP contribution < -0.4 is 0 Å². The Bertz CT molecular complexity index is 467. The number of hydrogen-bond acceptors (Lipinski definition) is 0. The van der Waals surface area contributed by atoms with E-state index in [1.54, 1.807) is 0 Å². The average Bonchev–Trinajstić information content (AvgIpc) is 2.23. The third kappa shape index (κ3) is 3.73. The average molecular weight is 290 g/mol. The van der Waals surface area contributed by atoms with Gasteiger partial charge in [0, 0.05) is 0 Å². The first-order chi connectivity index (χ1) is 8.78. The maximum atomic E-state index is 3.65.